The molecule has 5 nitrogen and oxygen atoms in total. The molecule has 28 heavy (non-hydrogen) atoms. The topological polar surface area (TPSA) is 92.5 Å². The molecular formula is C19H17F3NNaO4. The number of hydrogen-bond donors (Lipinski definition) is 1. The van der Waals surface area contributed by atoms with Gasteiger partial charge in [-0.1, -0.05) is 60.7 Å². The first kappa shape index (κ1) is 24.2. The second-order valence-corrected chi connectivity index (χ2v) is 6.05. The van der Waals surface area contributed by atoms with E-state index < -0.39 is 17.7 Å². The van der Waals surface area contributed by atoms with E-state index in [1.165, 1.54) is 0 Å². The molecular weight excluding hydrogens is 386 g/mol. The van der Waals surface area contributed by atoms with Crippen LogP contribution >= 0.6 is 0 Å². The summed E-state index contributed by atoms with van der Waals surface area (Å²) in [4.78, 5) is 20.9. The summed E-state index contributed by atoms with van der Waals surface area (Å²) in [5.74, 6) is -3.24. The number of esters is 1. The summed E-state index contributed by atoms with van der Waals surface area (Å²) >= 11 is 0. The molecule has 2 N–H and O–H groups in total. The summed E-state index contributed by atoms with van der Waals surface area (Å²) in [5, 5.41) is 8.78. The molecule has 1 saturated carbocycles. The SMILES string of the molecule is N[C@@]1(C(=O)OCc2ccccc2)C[C@@H]1c1ccccc1.O=C([O-])C(F)(F)F.[Na+]. The van der Waals surface area contributed by atoms with Gasteiger partial charge in [-0.15, -0.1) is 0 Å². The van der Waals surface area contributed by atoms with Gasteiger partial charge in [0.25, 0.3) is 0 Å². The number of carbonyl (C=O) groups excluding carboxylic acids is 2. The first-order valence-corrected chi connectivity index (χ1v) is 7.97. The van der Waals surface area contributed by atoms with E-state index in [9.17, 15) is 18.0 Å². The van der Waals surface area contributed by atoms with E-state index in [0.29, 0.717) is 6.42 Å². The van der Waals surface area contributed by atoms with Crippen LogP contribution in [-0.4, -0.2) is 23.7 Å². The van der Waals surface area contributed by atoms with Crippen LogP contribution in [-0.2, 0) is 20.9 Å². The molecule has 2 aromatic carbocycles. The van der Waals surface area contributed by atoms with Crippen molar-refractivity contribution in [2.24, 2.45) is 5.73 Å². The number of aliphatic carboxylic acids is 1. The van der Waals surface area contributed by atoms with E-state index in [1.807, 2.05) is 60.7 Å². The smallest absolute Gasteiger partial charge is 0.542 e. The van der Waals surface area contributed by atoms with Crippen LogP contribution in [0.4, 0.5) is 13.2 Å². The monoisotopic (exact) mass is 403 g/mol. The Labute approximate surface area is 182 Å². The molecule has 9 heteroatoms. The third-order valence-corrected chi connectivity index (χ3v) is 4.03. The van der Waals surface area contributed by atoms with Crippen LogP contribution in [0, 0.1) is 0 Å². The van der Waals surface area contributed by atoms with Crippen LogP contribution in [0.2, 0.25) is 0 Å². The minimum atomic E-state index is -5.19. The van der Waals surface area contributed by atoms with Crippen molar-refractivity contribution in [3.63, 3.8) is 0 Å². The maximum Gasteiger partial charge on any atom is 1.00 e. The van der Waals surface area contributed by atoms with Crippen molar-refractivity contribution >= 4 is 11.9 Å². The number of hydrogen-bond acceptors (Lipinski definition) is 5. The second kappa shape index (κ2) is 10.1. The van der Waals surface area contributed by atoms with Gasteiger partial charge in [-0.2, -0.15) is 13.2 Å². The van der Waals surface area contributed by atoms with Crippen molar-refractivity contribution in [1.29, 1.82) is 0 Å². The number of halogens is 3. The predicted octanol–water partition coefficient (Wildman–Crippen LogP) is -1.08. The van der Waals surface area contributed by atoms with Crippen LogP contribution < -0.4 is 40.4 Å². The van der Waals surface area contributed by atoms with Crippen molar-refractivity contribution < 1.29 is 62.2 Å². The Morgan fingerprint density at radius 3 is 2.00 bits per heavy atom. The quantitative estimate of drug-likeness (QED) is 0.518. The number of carboxylic acid groups (broad SMARTS) is 1. The average molecular weight is 403 g/mol. The molecule has 3 rings (SSSR count). The normalized spacial score (nSPS) is 20.1. The van der Waals surface area contributed by atoms with Crippen molar-refractivity contribution in [2.45, 2.75) is 30.7 Å². The van der Waals surface area contributed by atoms with E-state index in [2.05, 4.69) is 0 Å². The minimum Gasteiger partial charge on any atom is -0.542 e. The molecule has 1 aliphatic carbocycles. The van der Waals surface area contributed by atoms with E-state index in [-0.39, 0.29) is 48.1 Å². The molecule has 144 valence electrons. The van der Waals surface area contributed by atoms with Crippen LogP contribution in [0.5, 0.6) is 0 Å². The third kappa shape index (κ3) is 6.63. The van der Waals surface area contributed by atoms with Crippen LogP contribution in [0.25, 0.3) is 0 Å². The van der Waals surface area contributed by atoms with Crippen LogP contribution in [0.1, 0.15) is 23.5 Å². The van der Waals surface area contributed by atoms with Gasteiger partial charge in [-0.25, -0.2) is 0 Å². The number of carboxylic acids is 1. The van der Waals surface area contributed by atoms with Crippen molar-refractivity contribution in [3.8, 4) is 0 Å². The van der Waals surface area contributed by atoms with Gasteiger partial charge in [0.15, 0.2) is 0 Å². The molecule has 2 aromatic rings. The Morgan fingerprint density at radius 1 is 1.07 bits per heavy atom. The molecule has 1 aliphatic rings. The first-order valence-electron chi connectivity index (χ1n) is 7.97. The first-order chi connectivity index (χ1) is 12.6. The number of benzene rings is 2. The summed E-state index contributed by atoms with van der Waals surface area (Å²) in [6, 6.07) is 19.5. The summed E-state index contributed by atoms with van der Waals surface area (Å²) < 4.78 is 36.9. The molecule has 1 fully saturated rings. The van der Waals surface area contributed by atoms with Gasteiger partial charge in [-0.3, -0.25) is 4.79 Å². The molecule has 0 amide bonds. The Balaban J connectivity index is 0.000000425. The second-order valence-electron chi connectivity index (χ2n) is 6.05. The molecule has 0 saturated heterocycles. The van der Waals surface area contributed by atoms with Gasteiger partial charge < -0.3 is 20.4 Å². The maximum atomic E-state index is 12.1. The summed E-state index contributed by atoms with van der Waals surface area (Å²) in [6.07, 6.45) is -4.54. The summed E-state index contributed by atoms with van der Waals surface area (Å²) in [7, 11) is 0. The molecule has 0 aromatic heterocycles. The van der Waals surface area contributed by atoms with E-state index >= 15 is 0 Å². The maximum absolute atomic E-state index is 12.1. The minimum absolute atomic E-state index is 0. The Kier molecular flexibility index (Phi) is 8.69. The van der Waals surface area contributed by atoms with Gasteiger partial charge in [-0.05, 0) is 17.5 Å². The molecule has 0 radical (unpaired) electrons. The standard InChI is InChI=1S/C17H17NO2.C2HF3O2.Na/c18-17(11-15(17)14-9-5-2-6-10-14)16(19)20-12-13-7-3-1-4-8-13;3-2(4,5)1(6)7;/h1-10,15H,11-12,18H2;(H,6,7);/q;;+1/p-1/t15-,17+;;/m1../s1. The zero-order valence-corrected chi connectivity index (χ0v) is 17.1. The Hall–Kier alpha value is -1.87. The fraction of sp³-hybridized carbons (Fsp3) is 0.263. The van der Waals surface area contributed by atoms with Gasteiger partial charge in [0.2, 0.25) is 0 Å². The summed E-state index contributed by atoms with van der Waals surface area (Å²) in [6.45, 7) is 0.278. The third-order valence-electron chi connectivity index (χ3n) is 4.03. The fourth-order valence-electron chi connectivity index (χ4n) is 2.46. The van der Waals surface area contributed by atoms with Crippen molar-refractivity contribution in [1.82, 2.24) is 0 Å². The molecule has 0 bridgehead atoms. The number of ether oxygens (including phenoxy) is 1. The Morgan fingerprint density at radius 2 is 1.54 bits per heavy atom. The number of rotatable bonds is 4. The molecule has 0 unspecified atom stereocenters. The average Bonchev–Trinajstić information content (AvgIpc) is 3.34. The molecule has 0 aliphatic heterocycles. The molecule has 0 heterocycles. The largest absolute Gasteiger partial charge is 1.00 e. The van der Waals surface area contributed by atoms with E-state index in [4.69, 9.17) is 20.4 Å². The van der Waals surface area contributed by atoms with E-state index in [1.54, 1.807) is 0 Å². The van der Waals surface area contributed by atoms with E-state index in [0.717, 1.165) is 11.1 Å². The molecule has 2 atom stereocenters. The van der Waals surface area contributed by atoms with Gasteiger partial charge in [0, 0.05) is 5.92 Å². The number of carbonyl (C=O) groups is 2. The zero-order chi connectivity index (χ0) is 20.1. The summed E-state index contributed by atoms with van der Waals surface area (Å²) in [5.41, 5.74) is 7.38. The predicted molar refractivity (Wildman–Crippen MR) is 88.0 cm³/mol. The number of alkyl halides is 3. The van der Waals surface area contributed by atoms with Gasteiger partial charge in [0.1, 0.15) is 18.1 Å². The fourth-order valence-corrected chi connectivity index (χ4v) is 2.46. The molecule has 0 spiro atoms. The van der Waals surface area contributed by atoms with Gasteiger partial charge >= 0.3 is 41.7 Å². The van der Waals surface area contributed by atoms with Crippen molar-refractivity contribution in [3.05, 3.63) is 71.8 Å². The number of nitrogens with two attached hydrogens (primary N) is 1. The Bertz CT molecular complexity index is 787. The van der Waals surface area contributed by atoms with Crippen molar-refractivity contribution in [2.75, 3.05) is 0 Å². The van der Waals surface area contributed by atoms with Crippen LogP contribution in [0.3, 0.4) is 0 Å². The van der Waals surface area contributed by atoms with Gasteiger partial charge in [0.05, 0.1) is 0 Å². The van der Waals surface area contributed by atoms with Crippen LogP contribution in [0.15, 0.2) is 60.7 Å². The zero-order valence-electron chi connectivity index (χ0n) is 15.1.